The highest BCUT2D eigenvalue weighted by atomic mass is 24.3. The maximum Gasteiger partial charge on any atom is 0.151 e. The Morgan fingerprint density at radius 1 is 1.71 bits per heavy atom. The molecular weight excluding hydrogens is 104 g/mol. The van der Waals surface area contributed by atoms with E-state index in [1.54, 1.807) is 6.92 Å². The molecule has 0 spiro atoms. The molecule has 2 nitrogen and oxygen atoms in total. The Morgan fingerprint density at radius 2 is 2.14 bits per heavy atom. The molecule has 3 heteroatoms. The molecule has 0 fully saturated rings. The minimum absolute atomic E-state index is 0. The molecule has 0 aliphatic carbocycles. The zero-order chi connectivity index (χ0) is 4.99. The number of hydrogen-bond donors (Lipinski definition) is 1. The van der Waals surface area contributed by atoms with Gasteiger partial charge >= 0.3 is 0 Å². The van der Waals surface area contributed by atoms with Crippen molar-refractivity contribution in [3.8, 4) is 0 Å². The van der Waals surface area contributed by atoms with Crippen LogP contribution < -0.4 is 0 Å². The van der Waals surface area contributed by atoms with E-state index >= 15 is 0 Å². The molecule has 0 saturated carbocycles. The molecule has 1 unspecified atom stereocenters. The van der Waals surface area contributed by atoms with Crippen LogP contribution in [0.4, 0.5) is 0 Å². The Hall–Kier alpha value is 0.686. The topological polar surface area (TPSA) is 29.5 Å². The molecule has 0 saturated heterocycles. The summed E-state index contributed by atoms with van der Waals surface area (Å²) in [6, 6.07) is 0. The van der Waals surface area contributed by atoms with Crippen molar-refractivity contribution in [3.05, 3.63) is 0 Å². The number of aliphatic hydroxyl groups is 1. The average Bonchev–Trinajstić information content (AvgIpc) is 1.35. The fraction of sp³-hybridized carbons (Fsp3) is 1.00. The average molecular weight is 114 g/mol. The SMILES string of the molecule is CCOC(C)O.[Mg]. The minimum atomic E-state index is -0.602. The lowest BCUT2D eigenvalue weighted by Crippen LogP contribution is -2.04. The first-order valence-electron chi connectivity index (χ1n) is 2.07. The fourth-order valence-corrected chi connectivity index (χ4v) is 0.241. The van der Waals surface area contributed by atoms with Crippen molar-refractivity contribution in [1.29, 1.82) is 0 Å². The summed E-state index contributed by atoms with van der Waals surface area (Å²) in [6.45, 7) is 4.01. The molecule has 0 aromatic heterocycles. The third-order valence-electron chi connectivity index (χ3n) is 0.408. The van der Waals surface area contributed by atoms with Crippen molar-refractivity contribution in [2.24, 2.45) is 0 Å². The van der Waals surface area contributed by atoms with Gasteiger partial charge in [0.15, 0.2) is 6.29 Å². The van der Waals surface area contributed by atoms with E-state index in [1.807, 2.05) is 6.92 Å². The predicted molar refractivity (Wildman–Crippen MR) is 29.1 cm³/mol. The van der Waals surface area contributed by atoms with E-state index < -0.39 is 6.29 Å². The van der Waals surface area contributed by atoms with Crippen LogP contribution in [0.5, 0.6) is 0 Å². The van der Waals surface area contributed by atoms with E-state index in [0.29, 0.717) is 6.61 Å². The first-order valence-corrected chi connectivity index (χ1v) is 2.07. The van der Waals surface area contributed by atoms with Gasteiger partial charge in [-0.1, -0.05) is 0 Å². The molecule has 7 heavy (non-hydrogen) atoms. The monoisotopic (exact) mass is 114 g/mol. The van der Waals surface area contributed by atoms with E-state index in [-0.39, 0.29) is 23.1 Å². The molecule has 2 radical (unpaired) electrons. The standard InChI is InChI=1S/C4H10O2.Mg/c1-3-6-4(2)5;/h4-5H,3H2,1-2H3;. The zero-order valence-electron chi connectivity index (χ0n) is 4.85. The van der Waals surface area contributed by atoms with E-state index in [4.69, 9.17) is 5.11 Å². The molecule has 0 heterocycles. The summed E-state index contributed by atoms with van der Waals surface area (Å²) in [5, 5.41) is 8.33. The minimum Gasteiger partial charge on any atom is -0.368 e. The Balaban J connectivity index is 0. The quantitative estimate of drug-likeness (QED) is 0.404. The molecule has 0 aliphatic rings. The van der Waals surface area contributed by atoms with Crippen molar-refractivity contribution in [2.75, 3.05) is 6.61 Å². The van der Waals surface area contributed by atoms with Gasteiger partial charge in [0.1, 0.15) is 0 Å². The number of aliphatic hydroxyl groups excluding tert-OH is 1. The van der Waals surface area contributed by atoms with Crippen LogP contribution >= 0.6 is 0 Å². The number of ether oxygens (including phenoxy) is 1. The second kappa shape index (κ2) is 6.69. The van der Waals surface area contributed by atoms with Gasteiger partial charge in [0.25, 0.3) is 0 Å². The van der Waals surface area contributed by atoms with Gasteiger partial charge in [0.05, 0.1) is 0 Å². The Kier molecular flexibility index (Phi) is 10.2. The summed E-state index contributed by atoms with van der Waals surface area (Å²) in [5.41, 5.74) is 0. The van der Waals surface area contributed by atoms with Crippen LogP contribution in [0.1, 0.15) is 13.8 Å². The van der Waals surface area contributed by atoms with E-state index in [1.165, 1.54) is 0 Å². The first kappa shape index (κ1) is 10.6. The summed E-state index contributed by atoms with van der Waals surface area (Å²) < 4.78 is 4.60. The van der Waals surface area contributed by atoms with E-state index in [9.17, 15) is 0 Å². The summed E-state index contributed by atoms with van der Waals surface area (Å²) in [5.74, 6) is 0. The van der Waals surface area contributed by atoms with Crippen molar-refractivity contribution >= 4 is 23.1 Å². The number of rotatable bonds is 2. The van der Waals surface area contributed by atoms with Crippen LogP contribution in [0.15, 0.2) is 0 Å². The molecule has 0 amide bonds. The van der Waals surface area contributed by atoms with Crippen LogP contribution in [0.2, 0.25) is 0 Å². The summed E-state index contributed by atoms with van der Waals surface area (Å²) in [4.78, 5) is 0. The number of hydrogen-bond acceptors (Lipinski definition) is 2. The van der Waals surface area contributed by atoms with E-state index in [2.05, 4.69) is 4.74 Å². The van der Waals surface area contributed by atoms with Crippen molar-refractivity contribution < 1.29 is 9.84 Å². The van der Waals surface area contributed by atoms with Gasteiger partial charge in [0, 0.05) is 29.7 Å². The largest absolute Gasteiger partial charge is 0.368 e. The maximum atomic E-state index is 8.33. The first-order chi connectivity index (χ1) is 2.77. The van der Waals surface area contributed by atoms with Gasteiger partial charge in [-0.3, -0.25) is 0 Å². The second-order valence-electron chi connectivity index (χ2n) is 1.05. The second-order valence-corrected chi connectivity index (χ2v) is 1.05. The Morgan fingerprint density at radius 3 is 2.14 bits per heavy atom. The highest BCUT2D eigenvalue weighted by Crippen LogP contribution is 1.78. The van der Waals surface area contributed by atoms with Crippen molar-refractivity contribution in [1.82, 2.24) is 0 Å². The van der Waals surface area contributed by atoms with Gasteiger partial charge < -0.3 is 9.84 Å². The smallest absolute Gasteiger partial charge is 0.151 e. The summed E-state index contributed by atoms with van der Waals surface area (Å²) >= 11 is 0. The van der Waals surface area contributed by atoms with Crippen molar-refractivity contribution in [2.45, 2.75) is 20.1 Å². The molecule has 0 bridgehead atoms. The molecule has 0 aliphatic heterocycles. The lowest BCUT2D eigenvalue weighted by Gasteiger charge is -1.99. The maximum absolute atomic E-state index is 8.33. The lowest BCUT2D eigenvalue weighted by atomic mass is 10.7. The van der Waals surface area contributed by atoms with Gasteiger partial charge in [-0.15, -0.1) is 0 Å². The van der Waals surface area contributed by atoms with Gasteiger partial charge in [-0.2, -0.15) is 0 Å². The van der Waals surface area contributed by atoms with Crippen LogP contribution in [0.25, 0.3) is 0 Å². The van der Waals surface area contributed by atoms with Gasteiger partial charge in [-0.05, 0) is 13.8 Å². The van der Waals surface area contributed by atoms with Crippen LogP contribution in [-0.4, -0.2) is 41.1 Å². The highest BCUT2D eigenvalue weighted by Gasteiger charge is 1.85. The Labute approximate surface area is 60.0 Å². The van der Waals surface area contributed by atoms with E-state index in [0.717, 1.165) is 0 Å². The molecule has 0 aromatic rings. The zero-order valence-corrected chi connectivity index (χ0v) is 6.26. The lowest BCUT2D eigenvalue weighted by molar-refractivity contribution is -0.0800. The van der Waals surface area contributed by atoms with Crippen molar-refractivity contribution in [3.63, 3.8) is 0 Å². The molecule has 40 valence electrons. The molecule has 1 N–H and O–H groups in total. The van der Waals surface area contributed by atoms with Crippen LogP contribution in [0, 0.1) is 0 Å². The van der Waals surface area contributed by atoms with Crippen LogP contribution in [-0.2, 0) is 4.74 Å². The predicted octanol–water partition coefficient (Wildman–Crippen LogP) is -0.0196. The van der Waals surface area contributed by atoms with Crippen LogP contribution in [0.3, 0.4) is 0 Å². The third-order valence-corrected chi connectivity index (χ3v) is 0.408. The third kappa shape index (κ3) is 10.8. The van der Waals surface area contributed by atoms with Gasteiger partial charge in [0.2, 0.25) is 0 Å². The summed E-state index contributed by atoms with van der Waals surface area (Å²) in [7, 11) is 0. The Bertz CT molecular complexity index is 30.9. The molecule has 1 atom stereocenters. The van der Waals surface area contributed by atoms with Gasteiger partial charge in [-0.25, -0.2) is 0 Å². The highest BCUT2D eigenvalue weighted by molar-refractivity contribution is 5.75. The molecule has 0 aromatic carbocycles. The normalized spacial score (nSPS) is 12.4. The summed E-state index contributed by atoms with van der Waals surface area (Å²) in [6.07, 6.45) is -0.602. The molecule has 0 rings (SSSR count). The fourth-order valence-electron chi connectivity index (χ4n) is 0.241. The molecular formula is C4H10MgO2.